The summed E-state index contributed by atoms with van der Waals surface area (Å²) in [5, 5.41) is 4.40. The zero-order valence-electron chi connectivity index (χ0n) is 11.3. The first kappa shape index (κ1) is 15.3. The second-order valence-electron chi connectivity index (χ2n) is 4.36. The third-order valence-corrected chi connectivity index (χ3v) is 4.24. The fraction of sp³-hybridized carbons (Fsp3) is 0.357. The monoisotopic (exact) mass is 360 g/mol. The minimum absolute atomic E-state index is 0.208. The maximum atomic E-state index is 13.1. The van der Waals surface area contributed by atoms with Crippen molar-refractivity contribution in [1.29, 1.82) is 0 Å². The van der Waals surface area contributed by atoms with Crippen LogP contribution < -0.4 is 4.74 Å². The van der Waals surface area contributed by atoms with Crippen molar-refractivity contribution >= 4 is 27.5 Å². The Bertz CT molecular complexity index is 615. The van der Waals surface area contributed by atoms with E-state index in [-0.39, 0.29) is 11.7 Å². The lowest BCUT2D eigenvalue weighted by Crippen LogP contribution is -2.05. The summed E-state index contributed by atoms with van der Waals surface area (Å²) in [5.41, 5.74) is 2.56. The molecule has 1 aromatic heterocycles. The van der Waals surface area contributed by atoms with Crippen LogP contribution in [0, 0.1) is 5.82 Å². The van der Waals surface area contributed by atoms with Gasteiger partial charge < -0.3 is 4.74 Å². The average molecular weight is 362 g/mol. The predicted octanol–water partition coefficient (Wildman–Crippen LogP) is 4.20. The van der Waals surface area contributed by atoms with Gasteiger partial charge in [0.15, 0.2) is 0 Å². The van der Waals surface area contributed by atoms with Crippen LogP contribution in [0.1, 0.15) is 23.9 Å². The Morgan fingerprint density at radius 2 is 2.20 bits per heavy atom. The molecule has 20 heavy (non-hydrogen) atoms. The Hall–Kier alpha value is -1.07. The third kappa shape index (κ3) is 3.15. The first-order chi connectivity index (χ1) is 9.56. The maximum Gasteiger partial charge on any atom is 0.131 e. The Labute approximate surface area is 130 Å². The highest BCUT2D eigenvalue weighted by atomic mass is 79.9. The highest BCUT2D eigenvalue weighted by Crippen LogP contribution is 2.26. The quantitative estimate of drug-likeness (QED) is 0.746. The van der Waals surface area contributed by atoms with Gasteiger partial charge in [0.05, 0.1) is 21.7 Å². The molecule has 0 fully saturated rings. The normalized spacial score (nSPS) is 10.8. The third-order valence-electron chi connectivity index (χ3n) is 3.03. The molecule has 108 valence electrons. The summed E-state index contributed by atoms with van der Waals surface area (Å²) in [4.78, 5) is 0. The van der Waals surface area contributed by atoms with Gasteiger partial charge in [-0.05, 0) is 40.5 Å². The van der Waals surface area contributed by atoms with E-state index in [0.717, 1.165) is 22.3 Å². The van der Waals surface area contributed by atoms with Crippen LogP contribution >= 0.6 is 27.5 Å². The topological polar surface area (TPSA) is 27.1 Å². The van der Waals surface area contributed by atoms with Gasteiger partial charge in [-0.3, -0.25) is 4.68 Å². The van der Waals surface area contributed by atoms with Crippen molar-refractivity contribution in [3.63, 3.8) is 0 Å². The molecule has 2 aromatic rings. The number of ether oxygens (including phenoxy) is 1. The van der Waals surface area contributed by atoms with Crippen LogP contribution in [0.3, 0.4) is 0 Å². The van der Waals surface area contributed by atoms with E-state index in [4.69, 9.17) is 16.3 Å². The molecule has 0 saturated carbocycles. The number of aromatic nitrogens is 2. The number of hydrogen-bond donors (Lipinski definition) is 0. The van der Waals surface area contributed by atoms with Gasteiger partial charge in [0.1, 0.15) is 18.2 Å². The first-order valence-corrected chi connectivity index (χ1v) is 7.57. The van der Waals surface area contributed by atoms with E-state index < -0.39 is 0 Å². The largest absolute Gasteiger partial charge is 0.487 e. The molecule has 0 aliphatic rings. The molecule has 0 amide bonds. The van der Waals surface area contributed by atoms with Crippen LogP contribution in [0.25, 0.3) is 0 Å². The van der Waals surface area contributed by atoms with Crippen LogP contribution in [-0.2, 0) is 26.0 Å². The lowest BCUT2D eigenvalue weighted by atomic mass is 10.2. The lowest BCUT2D eigenvalue weighted by Gasteiger charge is -2.10. The number of alkyl halides is 1. The van der Waals surface area contributed by atoms with Crippen LogP contribution in [-0.4, -0.2) is 9.78 Å². The average Bonchev–Trinajstić information content (AvgIpc) is 2.72. The fourth-order valence-electron chi connectivity index (χ4n) is 1.92. The van der Waals surface area contributed by atoms with Crippen LogP contribution in [0.2, 0.25) is 0 Å². The molecule has 0 aliphatic heterocycles. The standard InChI is InChI=1S/C14H15BrClFN2O/c1-3-11-14(15)12(19(2)18-11)8-20-13-5-4-10(17)6-9(13)7-16/h4-6H,3,7-8H2,1-2H3. The van der Waals surface area contributed by atoms with E-state index in [2.05, 4.69) is 21.0 Å². The SMILES string of the molecule is CCc1nn(C)c(COc2ccc(F)cc2CCl)c1Br. The van der Waals surface area contributed by atoms with Crippen LogP contribution in [0.4, 0.5) is 4.39 Å². The van der Waals surface area contributed by atoms with E-state index in [0.29, 0.717) is 17.9 Å². The molecule has 0 N–H and O–H groups in total. The first-order valence-electron chi connectivity index (χ1n) is 6.24. The summed E-state index contributed by atoms with van der Waals surface area (Å²) in [6, 6.07) is 4.34. The minimum Gasteiger partial charge on any atom is -0.487 e. The van der Waals surface area contributed by atoms with Crippen molar-refractivity contribution in [1.82, 2.24) is 9.78 Å². The zero-order valence-corrected chi connectivity index (χ0v) is 13.6. The molecule has 6 heteroatoms. The van der Waals surface area contributed by atoms with Crippen molar-refractivity contribution in [2.45, 2.75) is 25.8 Å². The van der Waals surface area contributed by atoms with Crippen molar-refractivity contribution < 1.29 is 9.13 Å². The minimum atomic E-state index is -0.317. The maximum absolute atomic E-state index is 13.1. The molecular formula is C14H15BrClFN2O. The highest BCUT2D eigenvalue weighted by Gasteiger charge is 2.14. The summed E-state index contributed by atoms with van der Waals surface area (Å²) in [5.74, 6) is 0.482. The summed E-state index contributed by atoms with van der Waals surface area (Å²) in [6.45, 7) is 2.39. The molecule has 0 radical (unpaired) electrons. The van der Waals surface area contributed by atoms with Gasteiger partial charge in [-0.15, -0.1) is 11.6 Å². The number of hydrogen-bond acceptors (Lipinski definition) is 2. The number of rotatable bonds is 5. The molecular weight excluding hydrogens is 347 g/mol. The van der Waals surface area contributed by atoms with Gasteiger partial charge in [0.25, 0.3) is 0 Å². The number of halogens is 3. The van der Waals surface area contributed by atoms with E-state index in [1.807, 2.05) is 14.0 Å². The van der Waals surface area contributed by atoms with Gasteiger partial charge in [0.2, 0.25) is 0 Å². The summed E-state index contributed by atoms with van der Waals surface area (Å²) >= 11 is 9.34. The second kappa shape index (κ2) is 6.59. The molecule has 3 nitrogen and oxygen atoms in total. The molecule has 0 spiro atoms. The molecule has 2 rings (SSSR count). The zero-order chi connectivity index (χ0) is 14.7. The molecule has 0 bridgehead atoms. The second-order valence-corrected chi connectivity index (χ2v) is 5.42. The van der Waals surface area contributed by atoms with Crippen molar-refractivity contribution in [3.8, 4) is 5.75 Å². The molecule has 0 aliphatic carbocycles. The number of benzene rings is 1. The van der Waals surface area contributed by atoms with E-state index in [1.54, 1.807) is 10.7 Å². The Balaban J connectivity index is 2.19. The lowest BCUT2D eigenvalue weighted by molar-refractivity contribution is 0.291. The van der Waals surface area contributed by atoms with Gasteiger partial charge in [-0.25, -0.2) is 4.39 Å². The van der Waals surface area contributed by atoms with Crippen LogP contribution in [0.5, 0.6) is 5.75 Å². The number of nitrogens with zero attached hydrogens (tertiary/aromatic N) is 2. The van der Waals surface area contributed by atoms with Crippen molar-refractivity contribution in [2.24, 2.45) is 7.05 Å². The van der Waals surface area contributed by atoms with Gasteiger partial charge in [0, 0.05) is 12.6 Å². The van der Waals surface area contributed by atoms with Gasteiger partial charge in [-0.2, -0.15) is 5.10 Å². The highest BCUT2D eigenvalue weighted by molar-refractivity contribution is 9.10. The van der Waals surface area contributed by atoms with Crippen LogP contribution in [0.15, 0.2) is 22.7 Å². The predicted molar refractivity (Wildman–Crippen MR) is 80.6 cm³/mol. The molecule has 1 aromatic carbocycles. The fourth-order valence-corrected chi connectivity index (χ4v) is 2.86. The summed E-state index contributed by atoms with van der Waals surface area (Å²) in [7, 11) is 1.87. The van der Waals surface area contributed by atoms with Crippen molar-refractivity contribution in [2.75, 3.05) is 0 Å². The number of aryl methyl sites for hydroxylation is 2. The van der Waals surface area contributed by atoms with E-state index >= 15 is 0 Å². The molecule has 0 saturated heterocycles. The van der Waals surface area contributed by atoms with E-state index in [1.165, 1.54) is 12.1 Å². The Morgan fingerprint density at radius 1 is 1.45 bits per heavy atom. The molecule has 0 atom stereocenters. The summed E-state index contributed by atoms with van der Waals surface area (Å²) < 4.78 is 21.6. The Kier molecular flexibility index (Phi) is 5.05. The molecule has 0 unspecified atom stereocenters. The molecule has 1 heterocycles. The van der Waals surface area contributed by atoms with E-state index in [9.17, 15) is 4.39 Å². The smallest absolute Gasteiger partial charge is 0.131 e. The van der Waals surface area contributed by atoms with Gasteiger partial charge >= 0.3 is 0 Å². The Morgan fingerprint density at radius 3 is 2.80 bits per heavy atom. The van der Waals surface area contributed by atoms with Gasteiger partial charge in [-0.1, -0.05) is 6.92 Å². The summed E-state index contributed by atoms with van der Waals surface area (Å²) in [6.07, 6.45) is 0.845. The van der Waals surface area contributed by atoms with Crippen molar-refractivity contribution in [3.05, 3.63) is 45.4 Å².